The first-order chi connectivity index (χ1) is 10.9. The molecule has 0 aromatic heterocycles. The summed E-state index contributed by atoms with van der Waals surface area (Å²) in [5, 5.41) is 3.94. The van der Waals surface area contributed by atoms with E-state index in [1.54, 1.807) is 0 Å². The third-order valence-corrected chi connectivity index (χ3v) is 7.08. The molecule has 4 atom stereocenters. The standard InChI is InChI=1S/C18H30N2O2/c1-2-7-18(6-1)16(15-5-9-22-17(15)18)19-11-14-12-20(8-10-21-14)13-3-4-13/h13-17,19H,1-12H2/t14-,15+,16-,17+/m1/s1. The Bertz CT molecular complexity index is 419. The molecule has 1 N–H and O–H groups in total. The van der Waals surface area contributed by atoms with Gasteiger partial charge in [-0.3, -0.25) is 4.90 Å². The molecule has 0 amide bonds. The van der Waals surface area contributed by atoms with E-state index in [2.05, 4.69) is 10.2 Å². The molecule has 2 aliphatic heterocycles. The average molecular weight is 306 g/mol. The molecule has 2 heterocycles. The molecule has 4 nitrogen and oxygen atoms in total. The van der Waals surface area contributed by atoms with Crippen LogP contribution in [-0.4, -0.2) is 62.0 Å². The largest absolute Gasteiger partial charge is 0.377 e. The number of ether oxygens (including phenoxy) is 2. The van der Waals surface area contributed by atoms with Crippen LogP contribution in [0, 0.1) is 11.3 Å². The minimum Gasteiger partial charge on any atom is -0.377 e. The molecule has 0 radical (unpaired) electrons. The normalized spacial score (nSPS) is 44.2. The molecule has 3 aliphatic carbocycles. The summed E-state index contributed by atoms with van der Waals surface area (Å²) in [4.78, 5) is 2.66. The number of hydrogen-bond donors (Lipinski definition) is 1. The molecule has 0 unspecified atom stereocenters. The summed E-state index contributed by atoms with van der Waals surface area (Å²) in [6.07, 6.45) is 10.6. The molecule has 22 heavy (non-hydrogen) atoms. The van der Waals surface area contributed by atoms with Gasteiger partial charge >= 0.3 is 0 Å². The van der Waals surface area contributed by atoms with Crippen molar-refractivity contribution in [3.05, 3.63) is 0 Å². The summed E-state index contributed by atoms with van der Waals surface area (Å²) < 4.78 is 12.1. The maximum atomic E-state index is 6.09. The Hall–Kier alpha value is -0.160. The van der Waals surface area contributed by atoms with E-state index in [1.807, 2.05) is 0 Å². The van der Waals surface area contributed by atoms with Crippen molar-refractivity contribution in [2.45, 2.75) is 69.2 Å². The second-order valence-electron chi connectivity index (χ2n) is 8.29. The Kier molecular flexibility index (Phi) is 3.51. The number of nitrogens with one attached hydrogen (secondary N) is 1. The molecule has 5 rings (SSSR count). The van der Waals surface area contributed by atoms with Crippen molar-refractivity contribution in [2.75, 3.05) is 32.8 Å². The van der Waals surface area contributed by atoms with E-state index in [9.17, 15) is 0 Å². The van der Waals surface area contributed by atoms with Crippen molar-refractivity contribution in [1.29, 1.82) is 0 Å². The summed E-state index contributed by atoms with van der Waals surface area (Å²) in [5.41, 5.74) is 0.478. The third kappa shape index (κ3) is 2.18. The average Bonchev–Trinajstić information content (AvgIpc) is 3.09. The van der Waals surface area contributed by atoms with Gasteiger partial charge in [-0.15, -0.1) is 0 Å². The first-order valence-electron chi connectivity index (χ1n) is 9.57. The molecule has 2 saturated heterocycles. The summed E-state index contributed by atoms with van der Waals surface area (Å²) in [6.45, 7) is 5.24. The SMILES string of the molecule is C1CCC2(C1)[C@H](NC[C@@H]1CN(C3CC3)CCO1)[C@@H]1CCO[C@@H]12. The van der Waals surface area contributed by atoms with Crippen molar-refractivity contribution in [3.8, 4) is 0 Å². The fraction of sp³-hybridized carbons (Fsp3) is 1.00. The zero-order valence-electron chi connectivity index (χ0n) is 13.6. The molecule has 5 aliphatic rings. The predicted molar refractivity (Wildman–Crippen MR) is 84.9 cm³/mol. The molecule has 124 valence electrons. The topological polar surface area (TPSA) is 33.7 Å². The van der Waals surface area contributed by atoms with Crippen LogP contribution < -0.4 is 5.32 Å². The van der Waals surface area contributed by atoms with Crippen molar-refractivity contribution >= 4 is 0 Å². The van der Waals surface area contributed by atoms with E-state index >= 15 is 0 Å². The molecular weight excluding hydrogens is 276 g/mol. The molecule has 5 fully saturated rings. The number of nitrogens with zero attached hydrogens (tertiary/aromatic N) is 1. The predicted octanol–water partition coefficient (Wildman–Crippen LogP) is 1.79. The highest BCUT2D eigenvalue weighted by Gasteiger charge is 2.64. The highest BCUT2D eigenvalue weighted by molar-refractivity contribution is 5.16. The Morgan fingerprint density at radius 1 is 1.05 bits per heavy atom. The van der Waals surface area contributed by atoms with E-state index in [1.165, 1.54) is 44.9 Å². The van der Waals surface area contributed by atoms with E-state index in [4.69, 9.17) is 9.47 Å². The van der Waals surface area contributed by atoms with Gasteiger partial charge in [0.1, 0.15) is 0 Å². The van der Waals surface area contributed by atoms with Crippen molar-refractivity contribution < 1.29 is 9.47 Å². The lowest BCUT2D eigenvalue weighted by Gasteiger charge is -2.57. The first-order valence-corrected chi connectivity index (χ1v) is 9.57. The zero-order valence-corrected chi connectivity index (χ0v) is 13.6. The second-order valence-corrected chi connectivity index (χ2v) is 8.29. The van der Waals surface area contributed by atoms with Gasteiger partial charge in [0.25, 0.3) is 0 Å². The van der Waals surface area contributed by atoms with Gasteiger partial charge in [-0.25, -0.2) is 0 Å². The van der Waals surface area contributed by atoms with Crippen molar-refractivity contribution in [2.24, 2.45) is 11.3 Å². The molecule has 0 bridgehead atoms. The summed E-state index contributed by atoms with van der Waals surface area (Å²) in [7, 11) is 0. The molecule has 1 spiro atoms. The minimum atomic E-state index is 0.397. The van der Waals surface area contributed by atoms with E-state index in [0.29, 0.717) is 23.7 Å². The van der Waals surface area contributed by atoms with Gasteiger partial charge in [0.05, 0.1) is 18.8 Å². The Labute approximate surface area is 133 Å². The van der Waals surface area contributed by atoms with Crippen LogP contribution in [0.1, 0.15) is 44.9 Å². The Morgan fingerprint density at radius 2 is 1.91 bits per heavy atom. The molecule has 0 aromatic carbocycles. The van der Waals surface area contributed by atoms with Crippen molar-refractivity contribution in [3.63, 3.8) is 0 Å². The van der Waals surface area contributed by atoms with Crippen LogP contribution in [0.5, 0.6) is 0 Å². The summed E-state index contributed by atoms with van der Waals surface area (Å²) >= 11 is 0. The van der Waals surface area contributed by atoms with Crippen LogP contribution in [0.25, 0.3) is 0 Å². The number of hydrogen-bond acceptors (Lipinski definition) is 4. The van der Waals surface area contributed by atoms with Crippen LogP contribution in [0.3, 0.4) is 0 Å². The van der Waals surface area contributed by atoms with Crippen LogP contribution in [0.2, 0.25) is 0 Å². The van der Waals surface area contributed by atoms with Gasteiger partial charge in [0, 0.05) is 49.7 Å². The third-order valence-electron chi connectivity index (χ3n) is 7.08. The first kappa shape index (κ1) is 14.2. The Morgan fingerprint density at radius 3 is 2.73 bits per heavy atom. The second kappa shape index (κ2) is 5.44. The molecule has 3 saturated carbocycles. The maximum Gasteiger partial charge on any atom is 0.0826 e. The van der Waals surface area contributed by atoms with E-state index in [0.717, 1.165) is 44.8 Å². The van der Waals surface area contributed by atoms with Gasteiger partial charge in [-0.1, -0.05) is 12.8 Å². The van der Waals surface area contributed by atoms with Crippen LogP contribution >= 0.6 is 0 Å². The highest BCUT2D eigenvalue weighted by Crippen LogP contribution is 2.60. The van der Waals surface area contributed by atoms with Gasteiger partial charge in [0.2, 0.25) is 0 Å². The van der Waals surface area contributed by atoms with Crippen LogP contribution in [0.4, 0.5) is 0 Å². The monoisotopic (exact) mass is 306 g/mol. The van der Waals surface area contributed by atoms with Crippen molar-refractivity contribution in [1.82, 2.24) is 10.2 Å². The number of morpholine rings is 1. The van der Waals surface area contributed by atoms with Gasteiger partial charge in [-0.05, 0) is 32.1 Å². The van der Waals surface area contributed by atoms with Crippen LogP contribution in [-0.2, 0) is 9.47 Å². The summed E-state index contributed by atoms with van der Waals surface area (Å²) in [5.74, 6) is 0.779. The smallest absolute Gasteiger partial charge is 0.0826 e. The highest BCUT2D eigenvalue weighted by atomic mass is 16.5. The Balaban J connectivity index is 1.20. The fourth-order valence-corrected chi connectivity index (χ4v) is 5.90. The molecule has 4 heteroatoms. The zero-order chi connectivity index (χ0) is 14.6. The molecular formula is C18H30N2O2. The van der Waals surface area contributed by atoms with E-state index in [-0.39, 0.29) is 0 Å². The minimum absolute atomic E-state index is 0.397. The number of fused-ring (bicyclic) bond motifs is 2. The lowest BCUT2D eigenvalue weighted by atomic mass is 9.54. The lowest BCUT2D eigenvalue weighted by molar-refractivity contribution is -0.134. The quantitative estimate of drug-likeness (QED) is 0.858. The van der Waals surface area contributed by atoms with Crippen LogP contribution in [0.15, 0.2) is 0 Å². The van der Waals surface area contributed by atoms with E-state index < -0.39 is 0 Å². The summed E-state index contributed by atoms with van der Waals surface area (Å²) in [6, 6.07) is 1.58. The van der Waals surface area contributed by atoms with Gasteiger partial charge < -0.3 is 14.8 Å². The van der Waals surface area contributed by atoms with Gasteiger partial charge in [0.15, 0.2) is 0 Å². The molecule has 0 aromatic rings. The maximum absolute atomic E-state index is 6.09. The van der Waals surface area contributed by atoms with Gasteiger partial charge in [-0.2, -0.15) is 0 Å². The fourth-order valence-electron chi connectivity index (χ4n) is 5.90. The lowest BCUT2D eigenvalue weighted by Crippen LogP contribution is -2.68. The number of rotatable bonds is 4.